The fraction of sp³-hybridized carbons (Fsp3) is 0.167. The molecule has 19 heavy (non-hydrogen) atoms. The second kappa shape index (κ2) is 5.64. The Morgan fingerprint density at radius 1 is 1.21 bits per heavy atom. The fourth-order valence-corrected chi connectivity index (χ4v) is 3.51. The van der Waals surface area contributed by atoms with Crippen LogP contribution < -0.4 is 5.73 Å². The Labute approximate surface area is 121 Å². The van der Waals surface area contributed by atoms with Crippen molar-refractivity contribution in [2.75, 3.05) is 5.73 Å². The first-order chi connectivity index (χ1) is 8.86. The van der Waals surface area contributed by atoms with E-state index in [0.29, 0.717) is 15.0 Å². The summed E-state index contributed by atoms with van der Waals surface area (Å²) in [7, 11) is 0. The van der Waals surface area contributed by atoms with Crippen LogP contribution in [0.4, 0.5) is 18.9 Å². The molecule has 0 fully saturated rings. The zero-order chi connectivity index (χ0) is 14.0. The van der Waals surface area contributed by atoms with E-state index in [1.807, 2.05) is 6.07 Å². The zero-order valence-electron chi connectivity index (χ0n) is 9.50. The smallest absolute Gasteiger partial charge is 0.398 e. The Morgan fingerprint density at radius 3 is 2.47 bits per heavy atom. The normalized spacial score (nSPS) is 11.8. The molecule has 102 valence electrons. The molecule has 0 amide bonds. The van der Waals surface area contributed by atoms with Crippen LogP contribution in [0.3, 0.4) is 0 Å². The highest BCUT2D eigenvalue weighted by atomic mass is 35.5. The Bertz CT molecular complexity index is 581. The summed E-state index contributed by atoms with van der Waals surface area (Å²) >= 11 is 8.64. The summed E-state index contributed by atoms with van der Waals surface area (Å²) in [6, 6.07) is 7.08. The molecule has 1 nitrogen and oxygen atoms in total. The van der Waals surface area contributed by atoms with Crippen LogP contribution in [0.5, 0.6) is 0 Å². The van der Waals surface area contributed by atoms with Gasteiger partial charge in [0.05, 0.1) is 9.90 Å². The van der Waals surface area contributed by atoms with E-state index in [-0.39, 0.29) is 5.69 Å². The van der Waals surface area contributed by atoms with Crippen LogP contribution in [0, 0.1) is 0 Å². The van der Waals surface area contributed by atoms with Gasteiger partial charge in [0.1, 0.15) is 0 Å². The molecular formula is C12H9ClF3NS2. The number of nitrogen functional groups attached to an aromatic ring is 1. The molecule has 0 aliphatic carbocycles. The summed E-state index contributed by atoms with van der Waals surface area (Å²) < 4.78 is 38.1. The second-order valence-corrected chi connectivity index (χ2v) is 6.56. The predicted molar refractivity (Wildman–Crippen MR) is 74.7 cm³/mol. The van der Waals surface area contributed by atoms with Crippen LogP contribution >= 0.6 is 34.7 Å². The minimum atomic E-state index is -4.36. The molecule has 0 saturated carbocycles. The zero-order valence-corrected chi connectivity index (χ0v) is 11.9. The molecule has 0 atom stereocenters. The maximum atomic E-state index is 12.5. The lowest BCUT2D eigenvalue weighted by Crippen LogP contribution is -2.05. The number of thiophene rings is 1. The number of nitrogens with two attached hydrogens (primary N) is 1. The van der Waals surface area contributed by atoms with Crippen molar-refractivity contribution in [3.05, 3.63) is 45.1 Å². The molecule has 2 N–H and O–H groups in total. The van der Waals surface area contributed by atoms with Crippen molar-refractivity contribution in [3.63, 3.8) is 0 Å². The van der Waals surface area contributed by atoms with Crippen LogP contribution in [0.1, 0.15) is 10.4 Å². The molecule has 1 aromatic carbocycles. The average Bonchev–Trinajstić information content (AvgIpc) is 2.72. The van der Waals surface area contributed by atoms with Crippen molar-refractivity contribution >= 4 is 40.4 Å². The molecule has 0 aliphatic rings. The second-order valence-electron chi connectivity index (χ2n) is 3.74. The van der Waals surface area contributed by atoms with Crippen molar-refractivity contribution in [3.8, 4) is 0 Å². The standard InChI is InChI=1S/C12H9ClF3NS2/c13-11-4-2-8(19-11)6-18-10-3-1-7(5-9(10)17)12(14,15)16/h1-5H,6,17H2. The van der Waals surface area contributed by atoms with E-state index in [4.69, 9.17) is 17.3 Å². The fourth-order valence-electron chi connectivity index (χ4n) is 1.43. The van der Waals surface area contributed by atoms with Gasteiger partial charge in [-0.25, -0.2) is 0 Å². The molecule has 0 radical (unpaired) electrons. The van der Waals surface area contributed by atoms with Gasteiger partial charge in [-0.2, -0.15) is 13.2 Å². The van der Waals surface area contributed by atoms with E-state index in [0.717, 1.165) is 17.0 Å². The first-order valence-corrected chi connectivity index (χ1v) is 7.38. The molecule has 0 unspecified atom stereocenters. The van der Waals surface area contributed by atoms with E-state index in [1.165, 1.54) is 29.2 Å². The SMILES string of the molecule is Nc1cc(C(F)(F)F)ccc1SCc1ccc(Cl)s1. The van der Waals surface area contributed by atoms with Gasteiger partial charge in [0, 0.05) is 21.2 Å². The molecule has 2 rings (SSSR count). The number of thioether (sulfide) groups is 1. The molecule has 0 saturated heterocycles. The number of hydrogen-bond acceptors (Lipinski definition) is 3. The Balaban J connectivity index is 2.09. The summed E-state index contributed by atoms with van der Waals surface area (Å²) in [4.78, 5) is 1.69. The summed E-state index contributed by atoms with van der Waals surface area (Å²) in [5.74, 6) is 0.632. The monoisotopic (exact) mass is 323 g/mol. The largest absolute Gasteiger partial charge is 0.416 e. The van der Waals surface area contributed by atoms with Gasteiger partial charge in [-0.3, -0.25) is 0 Å². The Hall–Kier alpha value is -0.850. The van der Waals surface area contributed by atoms with E-state index < -0.39 is 11.7 Å². The van der Waals surface area contributed by atoms with Crippen molar-refractivity contribution in [1.82, 2.24) is 0 Å². The van der Waals surface area contributed by atoms with Crippen LogP contribution in [-0.4, -0.2) is 0 Å². The third-order valence-corrected chi connectivity index (χ3v) is 4.89. The lowest BCUT2D eigenvalue weighted by molar-refractivity contribution is -0.137. The highest BCUT2D eigenvalue weighted by molar-refractivity contribution is 7.98. The summed E-state index contributed by atoms with van der Waals surface area (Å²) in [6.07, 6.45) is -4.36. The van der Waals surface area contributed by atoms with Crippen molar-refractivity contribution in [2.45, 2.75) is 16.8 Å². The van der Waals surface area contributed by atoms with Gasteiger partial charge in [-0.15, -0.1) is 23.1 Å². The van der Waals surface area contributed by atoms with Crippen molar-refractivity contribution in [2.24, 2.45) is 0 Å². The van der Waals surface area contributed by atoms with Gasteiger partial charge in [-0.1, -0.05) is 11.6 Å². The average molecular weight is 324 g/mol. The number of benzene rings is 1. The van der Waals surface area contributed by atoms with Gasteiger partial charge in [-0.05, 0) is 30.3 Å². The van der Waals surface area contributed by atoms with Crippen LogP contribution in [0.25, 0.3) is 0 Å². The van der Waals surface area contributed by atoms with E-state index >= 15 is 0 Å². The molecule has 0 aliphatic heterocycles. The number of rotatable bonds is 3. The van der Waals surface area contributed by atoms with Gasteiger partial charge >= 0.3 is 6.18 Å². The Kier molecular flexibility index (Phi) is 4.32. The molecule has 0 spiro atoms. The first kappa shape index (κ1) is 14.6. The topological polar surface area (TPSA) is 26.0 Å². The van der Waals surface area contributed by atoms with Gasteiger partial charge in [0.25, 0.3) is 0 Å². The molecule has 1 aromatic heterocycles. The summed E-state index contributed by atoms with van der Waals surface area (Å²) in [5, 5.41) is 0. The minimum Gasteiger partial charge on any atom is -0.398 e. The molecule has 2 aromatic rings. The highest BCUT2D eigenvalue weighted by Crippen LogP contribution is 2.36. The molecule has 7 heteroatoms. The third-order valence-electron chi connectivity index (χ3n) is 2.34. The van der Waals surface area contributed by atoms with Gasteiger partial charge < -0.3 is 5.73 Å². The van der Waals surface area contributed by atoms with Gasteiger partial charge in [0.2, 0.25) is 0 Å². The van der Waals surface area contributed by atoms with E-state index in [2.05, 4.69) is 0 Å². The Morgan fingerprint density at radius 2 is 1.95 bits per heavy atom. The number of hydrogen-bond donors (Lipinski definition) is 1. The third kappa shape index (κ3) is 3.81. The van der Waals surface area contributed by atoms with Crippen molar-refractivity contribution < 1.29 is 13.2 Å². The van der Waals surface area contributed by atoms with E-state index in [1.54, 1.807) is 6.07 Å². The van der Waals surface area contributed by atoms with Crippen LogP contribution in [0.2, 0.25) is 4.34 Å². The summed E-state index contributed by atoms with van der Waals surface area (Å²) in [5.41, 5.74) is 5.06. The minimum absolute atomic E-state index is 0.141. The quantitative estimate of drug-likeness (QED) is 0.613. The van der Waals surface area contributed by atoms with Gasteiger partial charge in [0.15, 0.2) is 0 Å². The number of anilines is 1. The molecular weight excluding hydrogens is 315 g/mol. The number of halogens is 4. The van der Waals surface area contributed by atoms with Crippen LogP contribution in [-0.2, 0) is 11.9 Å². The molecule has 1 heterocycles. The summed E-state index contributed by atoms with van der Waals surface area (Å²) in [6.45, 7) is 0. The van der Waals surface area contributed by atoms with E-state index in [9.17, 15) is 13.2 Å². The maximum absolute atomic E-state index is 12.5. The predicted octanol–water partition coefficient (Wildman–Crippen LogP) is 5.29. The highest BCUT2D eigenvalue weighted by Gasteiger charge is 2.30. The van der Waals surface area contributed by atoms with Crippen LogP contribution in [0.15, 0.2) is 35.2 Å². The number of alkyl halides is 3. The molecule has 0 bridgehead atoms. The lowest BCUT2D eigenvalue weighted by atomic mass is 10.2. The lowest BCUT2D eigenvalue weighted by Gasteiger charge is -2.10. The maximum Gasteiger partial charge on any atom is 0.416 e. The first-order valence-electron chi connectivity index (χ1n) is 5.20. The van der Waals surface area contributed by atoms with Crippen molar-refractivity contribution in [1.29, 1.82) is 0 Å².